The predicted octanol–water partition coefficient (Wildman–Crippen LogP) is 6.53. The van der Waals surface area contributed by atoms with E-state index in [1.54, 1.807) is 0 Å². The zero-order chi connectivity index (χ0) is 17.6. The molecule has 0 saturated heterocycles. The van der Waals surface area contributed by atoms with E-state index < -0.39 is 0 Å². The summed E-state index contributed by atoms with van der Waals surface area (Å²) in [4.78, 5) is 0. The molecule has 0 amide bonds. The van der Waals surface area contributed by atoms with Crippen molar-refractivity contribution in [3.05, 3.63) is 81.8 Å². The first-order valence-electron chi connectivity index (χ1n) is 9.06. The highest BCUT2D eigenvalue weighted by Crippen LogP contribution is 2.40. The number of hydrogen-bond acceptors (Lipinski definition) is 1. The van der Waals surface area contributed by atoms with Crippen molar-refractivity contribution in [1.82, 2.24) is 0 Å². The molecule has 1 aliphatic carbocycles. The molecule has 0 aliphatic heterocycles. The number of furan rings is 1. The van der Waals surface area contributed by atoms with Crippen LogP contribution in [0.3, 0.4) is 0 Å². The van der Waals surface area contributed by atoms with Crippen molar-refractivity contribution in [2.24, 2.45) is 0 Å². The summed E-state index contributed by atoms with van der Waals surface area (Å²) in [6, 6.07) is 15.6. The normalized spacial score (nSPS) is 13.0. The Bertz CT molecular complexity index is 966. The zero-order valence-electron chi connectivity index (χ0n) is 15.4. The van der Waals surface area contributed by atoms with Gasteiger partial charge in [0.2, 0.25) is 0 Å². The van der Waals surface area contributed by atoms with Crippen molar-refractivity contribution in [1.29, 1.82) is 0 Å². The zero-order valence-corrected chi connectivity index (χ0v) is 15.4. The van der Waals surface area contributed by atoms with E-state index in [1.165, 1.54) is 44.5 Å². The molecule has 1 aliphatic rings. The Hall–Kier alpha value is -2.54. The SMILES string of the molecule is CCc1cccc(-c2c(C)ccc3c2C=C(c2cc(C)c(C)o2)C3)c1. The van der Waals surface area contributed by atoms with Crippen LogP contribution >= 0.6 is 0 Å². The number of fused-ring (bicyclic) bond motifs is 1. The van der Waals surface area contributed by atoms with Crippen LogP contribution < -0.4 is 0 Å². The molecule has 0 unspecified atom stereocenters. The van der Waals surface area contributed by atoms with Gasteiger partial charge in [0.25, 0.3) is 0 Å². The van der Waals surface area contributed by atoms with Crippen LogP contribution in [0, 0.1) is 20.8 Å². The Balaban J connectivity index is 1.85. The van der Waals surface area contributed by atoms with Gasteiger partial charge in [0.05, 0.1) is 0 Å². The molecule has 0 spiro atoms. The molecule has 0 bridgehead atoms. The first-order chi connectivity index (χ1) is 12.1. The average molecular weight is 328 g/mol. The fourth-order valence-corrected chi connectivity index (χ4v) is 3.74. The van der Waals surface area contributed by atoms with Crippen molar-refractivity contribution < 1.29 is 4.42 Å². The maximum absolute atomic E-state index is 5.97. The van der Waals surface area contributed by atoms with E-state index in [1.807, 2.05) is 6.92 Å². The number of hydrogen-bond donors (Lipinski definition) is 0. The third kappa shape index (κ3) is 2.74. The van der Waals surface area contributed by atoms with Gasteiger partial charge in [0, 0.05) is 6.42 Å². The van der Waals surface area contributed by atoms with Crippen molar-refractivity contribution in [3.63, 3.8) is 0 Å². The van der Waals surface area contributed by atoms with E-state index in [-0.39, 0.29) is 0 Å². The molecule has 0 fully saturated rings. The minimum absolute atomic E-state index is 0.947. The van der Waals surface area contributed by atoms with Crippen LogP contribution in [0.5, 0.6) is 0 Å². The minimum Gasteiger partial charge on any atom is -0.461 e. The van der Waals surface area contributed by atoms with E-state index >= 15 is 0 Å². The number of allylic oxidation sites excluding steroid dienone is 1. The first-order valence-corrected chi connectivity index (χ1v) is 9.06. The molecule has 1 heterocycles. The van der Waals surface area contributed by atoms with Crippen LogP contribution in [0.15, 0.2) is 46.9 Å². The second-order valence-electron chi connectivity index (χ2n) is 7.08. The summed E-state index contributed by atoms with van der Waals surface area (Å²) in [5, 5.41) is 0. The van der Waals surface area contributed by atoms with E-state index in [9.17, 15) is 0 Å². The summed E-state index contributed by atoms with van der Waals surface area (Å²) in [6.45, 7) is 8.56. The fourth-order valence-electron chi connectivity index (χ4n) is 3.74. The van der Waals surface area contributed by atoms with Gasteiger partial charge in [-0.1, -0.05) is 43.3 Å². The summed E-state index contributed by atoms with van der Waals surface area (Å²) in [5.74, 6) is 2.02. The van der Waals surface area contributed by atoms with Gasteiger partial charge in [-0.3, -0.25) is 0 Å². The molecule has 3 aromatic rings. The van der Waals surface area contributed by atoms with Crippen LogP contribution in [0.25, 0.3) is 22.8 Å². The second-order valence-corrected chi connectivity index (χ2v) is 7.08. The second kappa shape index (κ2) is 6.07. The van der Waals surface area contributed by atoms with Crippen LogP contribution in [-0.4, -0.2) is 0 Å². The molecule has 1 heteroatoms. The van der Waals surface area contributed by atoms with Gasteiger partial charge >= 0.3 is 0 Å². The summed E-state index contributed by atoms with van der Waals surface area (Å²) < 4.78 is 5.97. The highest BCUT2D eigenvalue weighted by atomic mass is 16.3. The molecule has 25 heavy (non-hydrogen) atoms. The molecule has 1 aromatic heterocycles. The summed E-state index contributed by atoms with van der Waals surface area (Å²) in [5.41, 5.74) is 10.6. The van der Waals surface area contributed by atoms with Crippen molar-refractivity contribution >= 4 is 11.6 Å². The summed E-state index contributed by atoms with van der Waals surface area (Å²) in [6.07, 6.45) is 4.34. The molecule has 0 saturated carbocycles. The topological polar surface area (TPSA) is 13.1 Å². The third-order valence-electron chi connectivity index (χ3n) is 5.35. The van der Waals surface area contributed by atoms with E-state index in [2.05, 4.69) is 69.3 Å². The lowest BCUT2D eigenvalue weighted by Gasteiger charge is -2.12. The van der Waals surface area contributed by atoms with Crippen LogP contribution in [0.1, 0.15) is 46.3 Å². The fraction of sp³-hybridized carbons (Fsp3) is 0.250. The molecule has 1 nitrogen and oxygen atoms in total. The molecular weight excluding hydrogens is 304 g/mol. The Labute approximate surface area is 150 Å². The lowest BCUT2D eigenvalue weighted by Crippen LogP contribution is -1.92. The van der Waals surface area contributed by atoms with E-state index in [0.29, 0.717) is 0 Å². The highest BCUT2D eigenvalue weighted by molar-refractivity contribution is 5.94. The standard InChI is InChI=1S/C24H24O/c1-5-18-7-6-8-20(12-18)24-15(2)9-10-19-13-21(14-22(19)24)23-11-16(3)17(4)25-23/h6-12,14H,5,13H2,1-4H3. The highest BCUT2D eigenvalue weighted by Gasteiger charge is 2.21. The summed E-state index contributed by atoms with van der Waals surface area (Å²) in [7, 11) is 0. The van der Waals surface area contributed by atoms with Gasteiger partial charge < -0.3 is 4.42 Å². The van der Waals surface area contributed by atoms with E-state index in [0.717, 1.165) is 24.4 Å². The molecule has 0 atom stereocenters. The lowest BCUT2D eigenvalue weighted by molar-refractivity contribution is 0.518. The molecular formula is C24H24O. The first kappa shape index (κ1) is 16.0. The van der Waals surface area contributed by atoms with Gasteiger partial charge in [0.1, 0.15) is 11.5 Å². The molecule has 4 rings (SSSR count). The lowest BCUT2D eigenvalue weighted by atomic mass is 9.92. The van der Waals surface area contributed by atoms with Crippen molar-refractivity contribution in [2.75, 3.05) is 0 Å². The maximum Gasteiger partial charge on any atom is 0.130 e. The number of benzene rings is 2. The number of rotatable bonds is 3. The smallest absolute Gasteiger partial charge is 0.130 e. The Kier molecular flexibility index (Phi) is 3.88. The third-order valence-corrected chi connectivity index (χ3v) is 5.35. The molecule has 0 radical (unpaired) electrons. The van der Waals surface area contributed by atoms with Gasteiger partial charge in [-0.2, -0.15) is 0 Å². The number of aryl methyl sites for hydroxylation is 4. The Morgan fingerprint density at radius 2 is 1.80 bits per heavy atom. The van der Waals surface area contributed by atoms with Gasteiger partial charge in [0.15, 0.2) is 0 Å². The minimum atomic E-state index is 0.947. The quantitative estimate of drug-likeness (QED) is 0.532. The predicted molar refractivity (Wildman–Crippen MR) is 106 cm³/mol. The molecule has 0 N–H and O–H groups in total. The van der Waals surface area contributed by atoms with E-state index in [4.69, 9.17) is 4.42 Å². The Morgan fingerprint density at radius 1 is 0.960 bits per heavy atom. The van der Waals surface area contributed by atoms with Crippen molar-refractivity contribution in [2.45, 2.75) is 40.5 Å². The van der Waals surface area contributed by atoms with Gasteiger partial charge in [-0.25, -0.2) is 0 Å². The average Bonchev–Trinajstić information content (AvgIpc) is 3.18. The van der Waals surface area contributed by atoms with Crippen LogP contribution in [0.4, 0.5) is 0 Å². The Morgan fingerprint density at radius 3 is 2.52 bits per heavy atom. The molecule has 126 valence electrons. The largest absolute Gasteiger partial charge is 0.461 e. The maximum atomic E-state index is 5.97. The van der Waals surface area contributed by atoms with Crippen LogP contribution in [0.2, 0.25) is 0 Å². The van der Waals surface area contributed by atoms with Gasteiger partial charge in [-0.05, 0) is 83.9 Å². The van der Waals surface area contributed by atoms with Crippen molar-refractivity contribution in [3.8, 4) is 11.1 Å². The van der Waals surface area contributed by atoms with Gasteiger partial charge in [-0.15, -0.1) is 0 Å². The summed E-state index contributed by atoms with van der Waals surface area (Å²) >= 11 is 0. The monoisotopic (exact) mass is 328 g/mol. The van der Waals surface area contributed by atoms with Crippen LogP contribution in [-0.2, 0) is 12.8 Å². The molecule has 2 aromatic carbocycles.